The molecule has 3 heterocycles. The van der Waals surface area contributed by atoms with Crippen molar-refractivity contribution in [1.29, 1.82) is 0 Å². The number of halogens is 2. The molecule has 0 spiro atoms. The normalized spacial score (nSPS) is 25.7. The van der Waals surface area contributed by atoms with Crippen molar-refractivity contribution in [3.8, 4) is 10.6 Å². The van der Waals surface area contributed by atoms with Gasteiger partial charge in [0.15, 0.2) is 0 Å². The number of hydrogen-bond donors (Lipinski definition) is 2. The molecule has 2 bridgehead atoms. The van der Waals surface area contributed by atoms with Gasteiger partial charge in [0.1, 0.15) is 21.5 Å². The predicted molar refractivity (Wildman–Crippen MR) is 83.3 cm³/mol. The van der Waals surface area contributed by atoms with E-state index in [1.165, 1.54) is 24.8 Å². The third kappa shape index (κ3) is 2.74. The summed E-state index contributed by atoms with van der Waals surface area (Å²) < 4.78 is 26.8. The highest BCUT2D eigenvalue weighted by Gasteiger charge is 2.39. The van der Waals surface area contributed by atoms with Crippen LogP contribution < -0.4 is 10.6 Å². The summed E-state index contributed by atoms with van der Waals surface area (Å²) >= 11 is 1.11. The maximum Gasteiger partial charge on any atom is 0.263 e. The fourth-order valence-corrected chi connectivity index (χ4v) is 4.24. The van der Waals surface area contributed by atoms with Crippen LogP contribution in [0.3, 0.4) is 0 Å². The van der Waals surface area contributed by atoms with Crippen LogP contribution in [0.2, 0.25) is 0 Å². The summed E-state index contributed by atoms with van der Waals surface area (Å²) in [6, 6.07) is 4.35. The lowest BCUT2D eigenvalue weighted by atomic mass is 9.95. The SMILES string of the molecule is O=C(NC1CC2CCC1N2)c1cnc(-c2ccc(F)cc2F)s1. The summed E-state index contributed by atoms with van der Waals surface area (Å²) in [4.78, 5) is 16.9. The van der Waals surface area contributed by atoms with E-state index in [9.17, 15) is 13.6 Å². The van der Waals surface area contributed by atoms with Crippen molar-refractivity contribution in [3.63, 3.8) is 0 Å². The first-order chi connectivity index (χ1) is 11.1. The zero-order valence-corrected chi connectivity index (χ0v) is 13.0. The van der Waals surface area contributed by atoms with E-state index in [0.29, 0.717) is 22.0 Å². The van der Waals surface area contributed by atoms with Crippen molar-refractivity contribution in [2.24, 2.45) is 0 Å². The monoisotopic (exact) mass is 335 g/mol. The summed E-state index contributed by atoms with van der Waals surface area (Å²) in [6.45, 7) is 0. The molecule has 0 radical (unpaired) electrons. The number of fused-ring (bicyclic) bond motifs is 2. The molecule has 4 rings (SSSR count). The Hall–Kier alpha value is -1.86. The minimum Gasteiger partial charge on any atom is -0.347 e. The summed E-state index contributed by atoms with van der Waals surface area (Å²) in [5.74, 6) is -1.50. The van der Waals surface area contributed by atoms with Crippen molar-refractivity contribution >= 4 is 17.2 Å². The maximum atomic E-state index is 13.8. The molecule has 2 aliphatic rings. The quantitative estimate of drug-likeness (QED) is 0.907. The topological polar surface area (TPSA) is 54.0 Å². The summed E-state index contributed by atoms with van der Waals surface area (Å²) in [5.41, 5.74) is 0.206. The van der Waals surface area contributed by atoms with E-state index >= 15 is 0 Å². The van der Waals surface area contributed by atoms with Crippen LogP contribution in [0.4, 0.5) is 8.78 Å². The Kier molecular flexibility index (Phi) is 3.61. The molecule has 2 aliphatic heterocycles. The fourth-order valence-electron chi connectivity index (χ4n) is 3.39. The van der Waals surface area contributed by atoms with Crippen LogP contribution in [-0.2, 0) is 0 Å². The van der Waals surface area contributed by atoms with Crippen LogP contribution in [0.25, 0.3) is 10.6 Å². The van der Waals surface area contributed by atoms with Gasteiger partial charge in [-0.25, -0.2) is 13.8 Å². The van der Waals surface area contributed by atoms with Gasteiger partial charge in [0.25, 0.3) is 5.91 Å². The van der Waals surface area contributed by atoms with Crippen molar-refractivity contribution in [3.05, 3.63) is 40.9 Å². The molecular formula is C16H15F2N3OS. The molecule has 0 saturated carbocycles. The number of carbonyl (C=O) groups is 1. The molecule has 1 aromatic carbocycles. The van der Waals surface area contributed by atoms with Gasteiger partial charge in [0.05, 0.1) is 6.20 Å². The van der Waals surface area contributed by atoms with Gasteiger partial charge < -0.3 is 10.6 Å². The summed E-state index contributed by atoms with van der Waals surface area (Å²) in [7, 11) is 0. The highest BCUT2D eigenvalue weighted by Crippen LogP contribution is 2.30. The molecule has 4 nitrogen and oxygen atoms in total. The van der Waals surface area contributed by atoms with Crippen molar-refractivity contribution in [2.45, 2.75) is 37.4 Å². The Labute approximate surface area is 135 Å². The third-order valence-corrected chi connectivity index (χ3v) is 5.54. The number of aromatic nitrogens is 1. The van der Waals surface area contributed by atoms with Gasteiger partial charge in [0, 0.05) is 29.8 Å². The van der Waals surface area contributed by atoms with Crippen LogP contribution in [0, 0.1) is 11.6 Å². The Bertz CT molecular complexity index is 764. The first kappa shape index (κ1) is 14.7. The van der Waals surface area contributed by atoms with Gasteiger partial charge in [0.2, 0.25) is 0 Å². The Balaban J connectivity index is 1.50. The van der Waals surface area contributed by atoms with Crippen molar-refractivity contribution in [1.82, 2.24) is 15.6 Å². The highest BCUT2D eigenvalue weighted by molar-refractivity contribution is 7.16. The number of carbonyl (C=O) groups excluding carboxylic acids is 1. The molecule has 1 aromatic heterocycles. The van der Waals surface area contributed by atoms with E-state index in [4.69, 9.17) is 0 Å². The molecule has 23 heavy (non-hydrogen) atoms. The minimum absolute atomic E-state index is 0.148. The number of benzene rings is 1. The molecule has 2 aromatic rings. The average Bonchev–Trinajstić information content (AvgIpc) is 3.23. The second-order valence-electron chi connectivity index (χ2n) is 6.02. The molecular weight excluding hydrogens is 320 g/mol. The third-order valence-electron chi connectivity index (χ3n) is 4.51. The van der Waals surface area contributed by atoms with Crippen LogP contribution >= 0.6 is 11.3 Å². The van der Waals surface area contributed by atoms with Gasteiger partial charge >= 0.3 is 0 Å². The minimum atomic E-state index is -0.677. The van der Waals surface area contributed by atoms with E-state index in [0.717, 1.165) is 30.2 Å². The van der Waals surface area contributed by atoms with Gasteiger partial charge in [-0.2, -0.15) is 0 Å². The lowest BCUT2D eigenvalue weighted by Crippen LogP contribution is -2.42. The number of thiazole rings is 1. The number of nitrogens with zero attached hydrogens (tertiary/aromatic N) is 1. The van der Waals surface area contributed by atoms with E-state index in [1.807, 2.05) is 0 Å². The highest BCUT2D eigenvalue weighted by atomic mass is 32.1. The van der Waals surface area contributed by atoms with Crippen molar-refractivity contribution in [2.75, 3.05) is 0 Å². The van der Waals surface area contributed by atoms with E-state index in [1.54, 1.807) is 0 Å². The molecule has 2 fully saturated rings. The molecule has 2 saturated heterocycles. The maximum absolute atomic E-state index is 13.8. The molecule has 3 unspecified atom stereocenters. The summed E-state index contributed by atoms with van der Waals surface area (Å²) in [6.07, 6.45) is 4.66. The number of hydrogen-bond acceptors (Lipinski definition) is 4. The molecule has 0 aliphatic carbocycles. The average molecular weight is 335 g/mol. The number of rotatable bonds is 3. The van der Waals surface area contributed by atoms with Crippen LogP contribution in [-0.4, -0.2) is 29.0 Å². The Morgan fingerprint density at radius 1 is 1.35 bits per heavy atom. The fraction of sp³-hybridized carbons (Fsp3) is 0.375. The second kappa shape index (κ2) is 5.65. The molecule has 7 heteroatoms. The molecule has 2 N–H and O–H groups in total. The second-order valence-corrected chi connectivity index (χ2v) is 7.05. The number of nitrogens with one attached hydrogen (secondary N) is 2. The lowest BCUT2D eigenvalue weighted by Gasteiger charge is -2.20. The number of amides is 1. The van der Waals surface area contributed by atoms with Crippen LogP contribution in [0.15, 0.2) is 24.4 Å². The Morgan fingerprint density at radius 2 is 2.22 bits per heavy atom. The van der Waals surface area contributed by atoms with Gasteiger partial charge in [-0.05, 0) is 31.4 Å². The van der Waals surface area contributed by atoms with Gasteiger partial charge in [-0.1, -0.05) is 0 Å². The van der Waals surface area contributed by atoms with E-state index < -0.39 is 11.6 Å². The van der Waals surface area contributed by atoms with Gasteiger partial charge in [-0.3, -0.25) is 4.79 Å². The standard InChI is InChI=1S/C16H15F2N3OS/c17-8-1-3-10(11(18)5-8)16-19-7-14(23-16)15(22)21-13-6-9-2-4-12(13)20-9/h1,3,5,7,9,12-13,20H,2,4,6H2,(H,21,22). The lowest BCUT2D eigenvalue weighted by molar-refractivity contribution is 0.0935. The van der Waals surface area contributed by atoms with Crippen LogP contribution in [0.5, 0.6) is 0 Å². The Morgan fingerprint density at radius 3 is 2.91 bits per heavy atom. The zero-order chi connectivity index (χ0) is 16.0. The van der Waals surface area contributed by atoms with E-state index in [-0.39, 0.29) is 17.5 Å². The smallest absolute Gasteiger partial charge is 0.263 e. The van der Waals surface area contributed by atoms with E-state index in [2.05, 4.69) is 15.6 Å². The van der Waals surface area contributed by atoms with Gasteiger partial charge in [-0.15, -0.1) is 11.3 Å². The molecule has 1 amide bonds. The van der Waals surface area contributed by atoms with Crippen LogP contribution in [0.1, 0.15) is 28.9 Å². The van der Waals surface area contributed by atoms with Crippen molar-refractivity contribution < 1.29 is 13.6 Å². The largest absolute Gasteiger partial charge is 0.347 e. The zero-order valence-electron chi connectivity index (χ0n) is 12.2. The first-order valence-corrected chi connectivity index (χ1v) is 8.40. The molecule has 3 atom stereocenters. The summed E-state index contributed by atoms with van der Waals surface area (Å²) in [5, 5.41) is 6.87. The first-order valence-electron chi connectivity index (χ1n) is 7.58. The molecule has 120 valence electrons. The predicted octanol–water partition coefficient (Wildman–Crippen LogP) is 2.71.